The Labute approximate surface area is 195 Å². The molecule has 1 aliphatic heterocycles. The van der Waals surface area contributed by atoms with Gasteiger partial charge >= 0.3 is 0 Å². The van der Waals surface area contributed by atoms with Gasteiger partial charge in [-0.1, -0.05) is 63.6 Å². The molecule has 0 aliphatic carbocycles. The Morgan fingerprint density at radius 3 is 2.16 bits per heavy atom. The molecule has 0 unspecified atom stereocenters. The van der Waals surface area contributed by atoms with E-state index in [9.17, 15) is 14.7 Å². The number of ketones is 1. The molecule has 5 nitrogen and oxygen atoms in total. The minimum atomic E-state index is -0.657. The minimum absolute atomic E-state index is 0.120. The summed E-state index contributed by atoms with van der Waals surface area (Å²) < 4.78 is 0. The molecule has 0 radical (unpaired) electrons. The minimum Gasteiger partial charge on any atom is -0.507 e. The molecule has 2 aromatic carbocycles. The predicted octanol–water partition coefficient (Wildman–Crippen LogP) is 5.23. The molecule has 1 saturated heterocycles. The van der Waals surface area contributed by atoms with Crippen molar-refractivity contribution in [2.45, 2.75) is 39.7 Å². The van der Waals surface area contributed by atoms with Crippen LogP contribution in [0.15, 0.2) is 54.1 Å². The van der Waals surface area contributed by atoms with Crippen LogP contribution in [0.3, 0.4) is 0 Å². The van der Waals surface area contributed by atoms with Gasteiger partial charge in [-0.15, -0.1) is 0 Å². The molecule has 1 fully saturated rings. The number of halogens is 1. The summed E-state index contributed by atoms with van der Waals surface area (Å²) in [6.07, 6.45) is 0. The Morgan fingerprint density at radius 2 is 1.62 bits per heavy atom. The predicted molar refractivity (Wildman–Crippen MR) is 129 cm³/mol. The molecule has 0 bridgehead atoms. The summed E-state index contributed by atoms with van der Waals surface area (Å²) in [7, 11) is 0. The third kappa shape index (κ3) is 4.89. The maximum atomic E-state index is 13.1. The highest BCUT2D eigenvalue weighted by molar-refractivity contribution is 6.46. The SMILES string of the molecule is CCN(CC)CCN1C(=O)C(=O)/C(=C(/O)c2ccc(Cl)cc2)[C@H]1c1ccc(C(C)C)cc1. The molecule has 2 aromatic rings. The Balaban J connectivity index is 2.09. The van der Waals surface area contributed by atoms with Crippen molar-refractivity contribution in [3.05, 3.63) is 75.8 Å². The fourth-order valence-corrected chi connectivity index (χ4v) is 4.20. The molecular formula is C26H31ClN2O3. The van der Waals surface area contributed by atoms with E-state index in [0.717, 1.165) is 18.7 Å². The number of nitrogens with zero attached hydrogens (tertiary/aromatic N) is 2. The van der Waals surface area contributed by atoms with E-state index in [1.165, 1.54) is 5.56 Å². The van der Waals surface area contributed by atoms with Gasteiger partial charge in [0.15, 0.2) is 0 Å². The molecule has 1 aliphatic rings. The van der Waals surface area contributed by atoms with Crippen molar-refractivity contribution in [3.63, 3.8) is 0 Å². The number of aliphatic hydroxyl groups excluding tert-OH is 1. The Bertz CT molecular complexity index is 993. The lowest BCUT2D eigenvalue weighted by atomic mass is 9.93. The highest BCUT2D eigenvalue weighted by Gasteiger charge is 2.45. The molecule has 170 valence electrons. The summed E-state index contributed by atoms with van der Waals surface area (Å²) in [6, 6.07) is 13.9. The second-order valence-electron chi connectivity index (χ2n) is 8.35. The lowest BCUT2D eigenvalue weighted by Crippen LogP contribution is -2.38. The van der Waals surface area contributed by atoms with E-state index in [-0.39, 0.29) is 11.3 Å². The molecule has 1 atom stereocenters. The Hall–Kier alpha value is -2.63. The zero-order chi connectivity index (χ0) is 23.4. The Morgan fingerprint density at radius 1 is 1.03 bits per heavy atom. The van der Waals surface area contributed by atoms with Crippen molar-refractivity contribution in [2.75, 3.05) is 26.2 Å². The van der Waals surface area contributed by atoms with E-state index in [1.807, 2.05) is 24.3 Å². The summed E-state index contributed by atoms with van der Waals surface area (Å²) in [5.74, 6) is -1.05. The maximum Gasteiger partial charge on any atom is 0.295 e. The highest BCUT2D eigenvalue weighted by Crippen LogP contribution is 2.39. The number of likely N-dealkylation sites (N-methyl/N-ethyl adjacent to an activating group) is 1. The number of carbonyl (C=O) groups excluding carboxylic acids is 2. The van der Waals surface area contributed by atoms with Crippen LogP contribution >= 0.6 is 11.6 Å². The molecule has 1 N–H and O–H groups in total. The number of Topliss-reactive ketones (excluding diaryl/α,β-unsaturated/α-hetero) is 1. The fraction of sp³-hybridized carbons (Fsp3) is 0.385. The van der Waals surface area contributed by atoms with Gasteiger partial charge in [-0.2, -0.15) is 0 Å². The smallest absolute Gasteiger partial charge is 0.295 e. The number of hydrogen-bond acceptors (Lipinski definition) is 4. The number of hydrogen-bond donors (Lipinski definition) is 1. The van der Waals surface area contributed by atoms with Crippen LogP contribution < -0.4 is 0 Å². The molecule has 1 heterocycles. The van der Waals surface area contributed by atoms with Gasteiger partial charge in [-0.05, 0) is 54.4 Å². The molecule has 6 heteroatoms. The van der Waals surface area contributed by atoms with Crippen molar-refractivity contribution in [3.8, 4) is 0 Å². The van der Waals surface area contributed by atoms with Crippen LogP contribution in [0, 0.1) is 0 Å². The standard InChI is InChI=1S/C26H31ClN2O3/c1-5-28(6-2)15-16-29-23(19-9-7-18(8-10-19)17(3)4)22(25(31)26(29)32)24(30)20-11-13-21(27)14-12-20/h7-14,17,23,30H,5-6,15-16H2,1-4H3/b24-22+/t23-/m1/s1. The molecule has 0 saturated carbocycles. The summed E-state index contributed by atoms with van der Waals surface area (Å²) in [5, 5.41) is 11.6. The maximum absolute atomic E-state index is 13.1. The third-order valence-corrected chi connectivity index (χ3v) is 6.38. The van der Waals surface area contributed by atoms with Crippen molar-refractivity contribution < 1.29 is 14.7 Å². The van der Waals surface area contributed by atoms with E-state index in [2.05, 4.69) is 32.6 Å². The van der Waals surface area contributed by atoms with Gasteiger partial charge in [-0.25, -0.2) is 0 Å². The van der Waals surface area contributed by atoms with Crippen LogP contribution in [0.4, 0.5) is 0 Å². The lowest BCUT2D eigenvalue weighted by Gasteiger charge is -2.28. The van der Waals surface area contributed by atoms with E-state index in [4.69, 9.17) is 11.6 Å². The zero-order valence-electron chi connectivity index (χ0n) is 19.1. The second kappa shape index (κ2) is 10.3. The quantitative estimate of drug-likeness (QED) is 0.337. The van der Waals surface area contributed by atoms with Gasteiger partial charge in [0.05, 0.1) is 11.6 Å². The average Bonchev–Trinajstić information content (AvgIpc) is 3.04. The first-order chi connectivity index (χ1) is 15.3. The molecule has 0 aromatic heterocycles. The molecule has 1 amide bonds. The van der Waals surface area contributed by atoms with Crippen molar-refractivity contribution in [1.29, 1.82) is 0 Å². The van der Waals surface area contributed by atoms with Gasteiger partial charge in [0.25, 0.3) is 11.7 Å². The largest absolute Gasteiger partial charge is 0.507 e. The van der Waals surface area contributed by atoms with Crippen molar-refractivity contribution in [1.82, 2.24) is 9.80 Å². The number of aliphatic hydroxyl groups is 1. The van der Waals surface area contributed by atoms with Crippen molar-refractivity contribution >= 4 is 29.1 Å². The summed E-state index contributed by atoms with van der Waals surface area (Å²) >= 11 is 5.98. The first-order valence-corrected chi connectivity index (χ1v) is 11.5. The van der Waals surface area contributed by atoms with E-state index < -0.39 is 17.7 Å². The van der Waals surface area contributed by atoms with E-state index in [1.54, 1.807) is 29.2 Å². The van der Waals surface area contributed by atoms with Crippen LogP contribution in [-0.4, -0.2) is 52.8 Å². The van der Waals surface area contributed by atoms with E-state index in [0.29, 0.717) is 29.6 Å². The van der Waals surface area contributed by atoms with Gasteiger partial charge < -0.3 is 14.9 Å². The average molecular weight is 455 g/mol. The van der Waals surface area contributed by atoms with Crippen LogP contribution in [0.25, 0.3) is 5.76 Å². The zero-order valence-corrected chi connectivity index (χ0v) is 19.9. The normalized spacial score (nSPS) is 18.2. The first kappa shape index (κ1) is 24.0. The number of amides is 1. The van der Waals surface area contributed by atoms with Gasteiger partial charge in [0.1, 0.15) is 5.76 Å². The fourth-order valence-electron chi connectivity index (χ4n) is 4.07. The lowest BCUT2D eigenvalue weighted by molar-refractivity contribution is -0.140. The monoisotopic (exact) mass is 454 g/mol. The molecular weight excluding hydrogens is 424 g/mol. The molecule has 0 spiro atoms. The molecule has 3 rings (SSSR count). The van der Waals surface area contributed by atoms with Crippen LogP contribution in [0.2, 0.25) is 5.02 Å². The first-order valence-electron chi connectivity index (χ1n) is 11.1. The topological polar surface area (TPSA) is 60.9 Å². The van der Waals surface area contributed by atoms with Crippen molar-refractivity contribution in [2.24, 2.45) is 0 Å². The number of likely N-dealkylation sites (tertiary alicyclic amines) is 1. The van der Waals surface area contributed by atoms with Crippen LogP contribution in [0.5, 0.6) is 0 Å². The Kier molecular flexibility index (Phi) is 7.75. The number of rotatable bonds is 8. The van der Waals surface area contributed by atoms with Crippen LogP contribution in [-0.2, 0) is 9.59 Å². The third-order valence-electron chi connectivity index (χ3n) is 6.13. The highest BCUT2D eigenvalue weighted by atomic mass is 35.5. The summed E-state index contributed by atoms with van der Waals surface area (Å²) in [6.45, 7) is 11.2. The number of benzene rings is 2. The van der Waals surface area contributed by atoms with Gasteiger partial charge in [-0.3, -0.25) is 9.59 Å². The van der Waals surface area contributed by atoms with Gasteiger partial charge in [0.2, 0.25) is 0 Å². The summed E-state index contributed by atoms with van der Waals surface area (Å²) in [5.41, 5.74) is 2.56. The molecule has 32 heavy (non-hydrogen) atoms. The number of carbonyl (C=O) groups is 2. The van der Waals surface area contributed by atoms with Crippen LogP contribution in [0.1, 0.15) is 56.3 Å². The van der Waals surface area contributed by atoms with Gasteiger partial charge in [0, 0.05) is 23.7 Å². The second-order valence-corrected chi connectivity index (χ2v) is 8.78. The summed E-state index contributed by atoms with van der Waals surface area (Å²) in [4.78, 5) is 29.9. The van der Waals surface area contributed by atoms with E-state index >= 15 is 0 Å².